The molecule has 6 N–H and O–H groups in total. The second kappa shape index (κ2) is 32.5. The Hall–Kier alpha value is -5.11. The fourth-order valence-electron chi connectivity index (χ4n) is 8.92. The zero-order valence-corrected chi connectivity index (χ0v) is 50.0. The van der Waals surface area contributed by atoms with E-state index in [1.807, 2.05) is 81.4 Å². The molecule has 0 aromatic heterocycles. The largest absolute Gasteiger partial charge is 0.390 e. The molecule has 0 unspecified atom stereocenters. The van der Waals surface area contributed by atoms with Crippen molar-refractivity contribution in [1.82, 2.24) is 45.3 Å². The summed E-state index contributed by atoms with van der Waals surface area (Å²) in [6.45, 7) is 29.0. The molecule has 0 radical (unpaired) electrons. The summed E-state index contributed by atoms with van der Waals surface area (Å²) in [7, 11) is 8.94. The van der Waals surface area contributed by atoms with Gasteiger partial charge < -0.3 is 56.2 Å². The van der Waals surface area contributed by atoms with Gasteiger partial charge in [0.05, 0.1) is 12.1 Å². The van der Waals surface area contributed by atoms with Crippen LogP contribution < -0.4 is 21.7 Å². The number of allylic oxidation sites excluding steroid dienone is 2. The highest BCUT2D eigenvalue weighted by atomic mass is 16.3. The van der Waals surface area contributed by atoms with Gasteiger partial charge in [0.15, 0.2) is 0 Å². The Labute approximate surface area is 451 Å². The van der Waals surface area contributed by atoms with Crippen molar-refractivity contribution in [3.8, 4) is 0 Å². The Kier molecular flexibility index (Phi) is 30.3. The molecule has 75 heavy (non-hydrogen) atoms. The molecule has 0 rings (SSSR count). The van der Waals surface area contributed by atoms with Crippen molar-refractivity contribution in [2.24, 2.45) is 41.2 Å². The summed E-state index contributed by atoms with van der Waals surface area (Å²) in [5.41, 5.74) is 6.13. The van der Waals surface area contributed by atoms with Crippen molar-refractivity contribution in [1.29, 1.82) is 0 Å². The molecule has 0 saturated carbocycles. The van der Waals surface area contributed by atoms with Gasteiger partial charge in [-0.1, -0.05) is 95.2 Å². The maximum atomic E-state index is 15.0. The molecule has 0 aliphatic carbocycles. The van der Waals surface area contributed by atoms with Crippen LogP contribution in [0.5, 0.6) is 0 Å². The predicted molar refractivity (Wildman–Crippen MR) is 294 cm³/mol. The molecule has 432 valence electrons. The lowest BCUT2D eigenvalue weighted by Crippen LogP contribution is -2.63. The lowest BCUT2D eigenvalue weighted by molar-refractivity contribution is -0.157. The van der Waals surface area contributed by atoms with Crippen LogP contribution in [0.3, 0.4) is 0 Å². The number of nitrogens with one attached hydrogen (secondary N) is 3. The van der Waals surface area contributed by atoms with E-state index in [4.69, 9.17) is 5.73 Å². The van der Waals surface area contributed by atoms with Crippen LogP contribution in [0.25, 0.3) is 0 Å². The summed E-state index contributed by atoms with van der Waals surface area (Å²) in [4.78, 5) is 134. The number of hydrogen-bond acceptors (Lipinski definition) is 11. The standard InChI is InChI=1S/C55H102N10O10/c1-23-26-27-36(14)46(66)45(49(69)59-39(24-2)51(71)60(17)25-3)65(22)55(75)44(35(12)13)64(21)53(73)42(30-33(8)9)63(20)52(72)41(29-32(6)7)62(19)50(70)38(16)58-47(67)37(15)57-48(68)40(28-31(4)5)61(18)54(74)43(56)34(10)11/h23,26,31-46,66H,24-25,27-30,56H2,1-22H3,(H,57,68)(H,58,67)(H,59,69)/b26-23+/t36-,37+,38-,39+,40+,41+,42+,43+,44+,45+,46-/m1/s1. The van der Waals surface area contributed by atoms with Crippen molar-refractivity contribution in [2.45, 2.75) is 203 Å². The first-order chi connectivity index (χ1) is 34.6. The second-order valence-electron chi connectivity index (χ2n) is 22.6. The van der Waals surface area contributed by atoms with Crippen LogP contribution >= 0.6 is 0 Å². The third-order valence-electron chi connectivity index (χ3n) is 14.1. The molecule has 0 fully saturated rings. The number of carbonyl (C=O) groups excluding carboxylic acids is 9. The number of amides is 9. The van der Waals surface area contributed by atoms with Gasteiger partial charge in [-0.3, -0.25) is 43.2 Å². The first kappa shape index (κ1) is 69.9. The summed E-state index contributed by atoms with van der Waals surface area (Å²) in [5, 5.41) is 19.9. The number of likely N-dealkylation sites (N-methyl/N-ethyl adjacent to an activating group) is 6. The van der Waals surface area contributed by atoms with E-state index in [-0.39, 0.29) is 48.8 Å². The molecule has 0 aliphatic heterocycles. The predicted octanol–water partition coefficient (Wildman–Crippen LogP) is 3.24. The van der Waals surface area contributed by atoms with Gasteiger partial charge in [0, 0.05) is 48.8 Å². The van der Waals surface area contributed by atoms with E-state index in [9.17, 15) is 48.3 Å². The zero-order valence-electron chi connectivity index (χ0n) is 50.0. The molecule has 0 bridgehead atoms. The number of nitrogens with two attached hydrogens (primary N) is 1. The minimum atomic E-state index is -1.45. The number of nitrogens with zero attached hydrogens (tertiary/aromatic N) is 6. The fourth-order valence-corrected chi connectivity index (χ4v) is 8.92. The Morgan fingerprint density at radius 1 is 0.493 bits per heavy atom. The van der Waals surface area contributed by atoms with Gasteiger partial charge in [-0.05, 0) is 95.3 Å². The number of rotatable bonds is 31. The van der Waals surface area contributed by atoms with Crippen LogP contribution in [-0.4, -0.2) is 197 Å². The molecule has 20 nitrogen and oxygen atoms in total. The SMILES string of the molecule is C/C=C/C[C@@H](C)[C@@H](O)[C@@H](C(=O)N[C@@H](CC)C(=O)N(C)CC)N(C)C(=O)[C@H](C(C)C)N(C)C(=O)[C@H](CC(C)C)N(C)C(=O)[C@H](CC(C)C)N(C)C(=O)[C@@H](C)NC(=O)[C@H](C)NC(=O)[C@H](CC(C)C)N(C)C(=O)[C@@H](N)C(C)C. The van der Waals surface area contributed by atoms with E-state index in [2.05, 4.69) is 16.0 Å². The Bertz CT molecular complexity index is 1930. The summed E-state index contributed by atoms with van der Waals surface area (Å²) in [6, 6.07) is -9.78. The molecule has 0 saturated heterocycles. The maximum Gasteiger partial charge on any atom is 0.246 e. The number of aliphatic hydroxyl groups is 1. The van der Waals surface area contributed by atoms with Crippen molar-refractivity contribution >= 4 is 53.2 Å². The highest BCUT2D eigenvalue weighted by molar-refractivity contribution is 5.98. The van der Waals surface area contributed by atoms with Crippen molar-refractivity contribution < 1.29 is 48.3 Å². The summed E-state index contributed by atoms with van der Waals surface area (Å²) < 4.78 is 0. The topological polar surface area (TPSA) is 255 Å². The number of aliphatic hydroxyl groups excluding tert-OH is 1. The summed E-state index contributed by atoms with van der Waals surface area (Å²) >= 11 is 0. The lowest BCUT2D eigenvalue weighted by atomic mass is 9.91. The van der Waals surface area contributed by atoms with E-state index >= 15 is 0 Å². The van der Waals surface area contributed by atoms with E-state index < -0.39 is 120 Å². The van der Waals surface area contributed by atoms with Gasteiger partial charge in [-0.25, -0.2) is 0 Å². The maximum absolute atomic E-state index is 15.0. The molecule has 11 atom stereocenters. The quantitative estimate of drug-likeness (QED) is 0.0630. The minimum Gasteiger partial charge on any atom is -0.390 e. The lowest BCUT2D eigenvalue weighted by Gasteiger charge is -2.41. The van der Waals surface area contributed by atoms with Crippen LogP contribution in [0.1, 0.15) is 143 Å². The molecular weight excluding hydrogens is 961 g/mol. The second-order valence-corrected chi connectivity index (χ2v) is 22.6. The minimum absolute atomic E-state index is 0.0199. The van der Waals surface area contributed by atoms with Crippen molar-refractivity contribution in [3.05, 3.63) is 12.2 Å². The van der Waals surface area contributed by atoms with Gasteiger partial charge in [0.25, 0.3) is 0 Å². The van der Waals surface area contributed by atoms with E-state index in [0.29, 0.717) is 19.4 Å². The van der Waals surface area contributed by atoms with Crippen molar-refractivity contribution in [3.63, 3.8) is 0 Å². The molecule has 0 aromatic carbocycles. The van der Waals surface area contributed by atoms with Gasteiger partial charge in [-0.15, -0.1) is 0 Å². The van der Waals surface area contributed by atoms with Gasteiger partial charge >= 0.3 is 0 Å². The van der Waals surface area contributed by atoms with Crippen LogP contribution in [0.2, 0.25) is 0 Å². The Balaban J connectivity index is 6.92. The normalized spacial score (nSPS) is 16.2. The summed E-state index contributed by atoms with van der Waals surface area (Å²) in [6.07, 6.45) is 3.63. The van der Waals surface area contributed by atoms with Gasteiger partial charge in [0.1, 0.15) is 48.3 Å². The Morgan fingerprint density at radius 3 is 1.35 bits per heavy atom. The molecule has 9 amide bonds. The number of hydrogen-bond donors (Lipinski definition) is 5. The fraction of sp³-hybridized carbons (Fsp3) is 0.800. The molecule has 0 aromatic rings. The van der Waals surface area contributed by atoms with Crippen LogP contribution in [-0.2, 0) is 43.2 Å². The average Bonchev–Trinajstić information content (AvgIpc) is 3.34. The van der Waals surface area contributed by atoms with E-state index in [0.717, 1.165) is 4.90 Å². The monoisotopic (exact) mass is 1060 g/mol. The molecule has 0 heterocycles. The summed E-state index contributed by atoms with van der Waals surface area (Å²) in [5.74, 6) is -6.45. The van der Waals surface area contributed by atoms with Crippen LogP contribution in [0.15, 0.2) is 12.2 Å². The van der Waals surface area contributed by atoms with E-state index in [1.165, 1.54) is 73.6 Å². The highest BCUT2D eigenvalue weighted by Crippen LogP contribution is 2.25. The smallest absolute Gasteiger partial charge is 0.246 e. The van der Waals surface area contributed by atoms with Gasteiger partial charge in [0.2, 0.25) is 53.2 Å². The average molecular weight is 1060 g/mol. The first-order valence-corrected chi connectivity index (χ1v) is 27.1. The zero-order chi connectivity index (χ0) is 58.7. The third kappa shape index (κ3) is 20.4. The highest BCUT2D eigenvalue weighted by Gasteiger charge is 2.45. The third-order valence-corrected chi connectivity index (χ3v) is 14.1. The van der Waals surface area contributed by atoms with Crippen LogP contribution in [0.4, 0.5) is 0 Å². The molecule has 20 heteroatoms. The Morgan fingerprint density at radius 2 is 0.920 bits per heavy atom. The van der Waals surface area contributed by atoms with E-state index in [1.54, 1.807) is 34.7 Å². The van der Waals surface area contributed by atoms with Crippen LogP contribution in [0, 0.1) is 35.5 Å². The van der Waals surface area contributed by atoms with Gasteiger partial charge in [-0.2, -0.15) is 0 Å². The first-order valence-electron chi connectivity index (χ1n) is 27.1. The molecule has 0 spiro atoms. The molecule has 0 aliphatic rings. The van der Waals surface area contributed by atoms with Crippen molar-refractivity contribution in [2.75, 3.05) is 48.8 Å². The molecular formula is C55H102N10O10. The number of carbonyl (C=O) groups is 9.